The summed E-state index contributed by atoms with van der Waals surface area (Å²) < 4.78 is 7.70. The summed E-state index contributed by atoms with van der Waals surface area (Å²) in [6.07, 6.45) is 1.60. The molecular weight excluding hydrogens is 408 g/mol. The van der Waals surface area contributed by atoms with E-state index in [0.29, 0.717) is 5.89 Å². The molecule has 0 fully saturated rings. The van der Waals surface area contributed by atoms with Crippen LogP contribution >= 0.6 is 0 Å². The van der Waals surface area contributed by atoms with E-state index < -0.39 is 0 Å². The highest BCUT2D eigenvalue weighted by atomic mass is 16.3. The monoisotopic (exact) mass is 428 g/mol. The second-order valence-corrected chi connectivity index (χ2v) is 7.84. The quantitative estimate of drug-likeness (QED) is 0.313. The Morgan fingerprint density at radius 1 is 0.697 bits per heavy atom. The molecule has 4 aromatic carbocycles. The van der Waals surface area contributed by atoms with E-state index in [1.54, 1.807) is 6.33 Å². The van der Waals surface area contributed by atoms with Crippen molar-refractivity contribution in [3.8, 4) is 39.3 Å². The van der Waals surface area contributed by atoms with Crippen molar-refractivity contribution in [1.82, 2.24) is 19.7 Å². The van der Waals surface area contributed by atoms with Crippen molar-refractivity contribution in [3.05, 3.63) is 109 Å². The van der Waals surface area contributed by atoms with Crippen LogP contribution in [0.3, 0.4) is 0 Å². The molecule has 0 amide bonds. The van der Waals surface area contributed by atoms with Crippen LogP contribution in [0.2, 0.25) is 0 Å². The molecule has 0 atom stereocenters. The highest BCUT2D eigenvalue weighted by Crippen LogP contribution is 2.37. The van der Waals surface area contributed by atoms with Crippen LogP contribution in [0, 0.1) is 6.92 Å². The maximum absolute atomic E-state index is 5.77. The Hall–Kier alpha value is -4.51. The lowest BCUT2D eigenvalue weighted by atomic mass is 9.96. The first-order chi connectivity index (χ1) is 16.3. The molecule has 2 heterocycles. The molecule has 0 saturated heterocycles. The largest absolute Gasteiger partial charge is 0.441 e. The van der Waals surface area contributed by atoms with Gasteiger partial charge < -0.3 is 4.42 Å². The molecule has 33 heavy (non-hydrogen) atoms. The van der Waals surface area contributed by atoms with Gasteiger partial charge in [0.15, 0.2) is 17.3 Å². The predicted octanol–water partition coefficient (Wildman–Crippen LogP) is 6.72. The lowest BCUT2D eigenvalue weighted by molar-refractivity contribution is 0.561. The summed E-state index contributed by atoms with van der Waals surface area (Å²) in [5.74, 6) is 1.39. The van der Waals surface area contributed by atoms with Gasteiger partial charge in [-0.1, -0.05) is 78.9 Å². The van der Waals surface area contributed by atoms with Crippen molar-refractivity contribution in [1.29, 1.82) is 0 Å². The lowest BCUT2D eigenvalue weighted by Crippen LogP contribution is -2.04. The van der Waals surface area contributed by atoms with Gasteiger partial charge in [0.1, 0.15) is 11.8 Å². The van der Waals surface area contributed by atoms with Crippen molar-refractivity contribution in [2.24, 2.45) is 0 Å². The topological polar surface area (TPSA) is 56.7 Å². The second-order valence-electron chi connectivity index (χ2n) is 7.84. The first-order valence-corrected chi connectivity index (χ1v) is 10.8. The van der Waals surface area contributed by atoms with E-state index in [-0.39, 0.29) is 0 Å². The van der Waals surface area contributed by atoms with Gasteiger partial charge in [0.05, 0.1) is 5.69 Å². The van der Waals surface area contributed by atoms with Crippen LogP contribution in [0.5, 0.6) is 0 Å². The summed E-state index contributed by atoms with van der Waals surface area (Å²) in [6.45, 7) is 1.85. The minimum atomic E-state index is 0.643. The summed E-state index contributed by atoms with van der Waals surface area (Å²) in [4.78, 5) is 9.05. The highest BCUT2D eigenvalue weighted by Gasteiger charge is 2.19. The van der Waals surface area contributed by atoms with Crippen LogP contribution in [0.15, 0.2) is 108 Å². The Morgan fingerprint density at radius 3 is 2.03 bits per heavy atom. The Bertz CT molecular complexity index is 1510. The van der Waals surface area contributed by atoms with E-state index >= 15 is 0 Å². The van der Waals surface area contributed by atoms with Crippen LogP contribution in [0.1, 0.15) is 5.89 Å². The van der Waals surface area contributed by atoms with E-state index in [1.807, 2.05) is 41.9 Å². The van der Waals surface area contributed by atoms with E-state index in [0.717, 1.165) is 50.4 Å². The molecular formula is C28H20N4O. The van der Waals surface area contributed by atoms with Gasteiger partial charge in [-0.2, -0.15) is 5.10 Å². The fraction of sp³-hybridized carbons (Fsp3) is 0.0357. The van der Waals surface area contributed by atoms with Crippen LogP contribution in [-0.4, -0.2) is 19.7 Å². The van der Waals surface area contributed by atoms with Crippen molar-refractivity contribution in [2.75, 3.05) is 0 Å². The first-order valence-electron chi connectivity index (χ1n) is 10.8. The predicted molar refractivity (Wildman–Crippen MR) is 130 cm³/mol. The Labute approximate surface area is 191 Å². The van der Waals surface area contributed by atoms with Crippen LogP contribution < -0.4 is 0 Å². The number of para-hydroxylation sites is 1. The molecule has 0 N–H and O–H groups in total. The molecule has 6 aromatic rings. The molecule has 0 spiro atoms. The number of fused-ring (bicyclic) bond motifs is 1. The van der Waals surface area contributed by atoms with Crippen LogP contribution in [0.4, 0.5) is 0 Å². The smallest absolute Gasteiger partial charge is 0.192 e. The summed E-state index contributed by atoms with van der Waals surface area (Å²) in [5.41, 5.74) is 7.87. The molecule has 0 aliphatic heterocycles. The molecule has 0 aliphatic rings. The molecule has 0 saturated carbocycles. The van der Waals surface area contributed by atoms with E-state index in [9.17, 15) is 0 Å². The van der Waals surface area contributed by atoms with E-state index in [4.69, 9.17) is 4.42 Å². The fourth-order valence-corrected chi connectivity index (χ4v) is 4.25. The van der Waals surface area contributed by atoms with Crippen molar-refractivity contribution >= 4 is 11.1 Å². The lowest BCUT2D eigenvalue weighted by Gasteiger charge is -2.17. The average molecular weight is 428 g/mol. The van der Waals surface area contributed by atoms with E-state index in [1.165, 1.54) is 0 Å². The zero-order chi connectivity index (χ0) is 22.2. The number of benzene rings is 4. The molecule has 0 aliphatic carbocycles. The van der Waals surface area contributed by atoms with Gasteiger partial charge in [-0.05, 0) is 29.3 Å². The Morgan fingerprint density at radius 2 is 1.36 bits per heavy atom. The van der Waals surface area contributed by atoms with Crippen molar-refractivity contribution < 1.29 is 4.42 Å². The number of rotatable bonds is 4. The number of aryl methyl sites for hydroxylation is 1. The average Bonchev–Trinajstić information content (AvgIpc) is 3.50. The highest BCUT2D eigenvalue weighted by molar-refractivity contribution is 5.87. The fourth-order valence-electron chi connectivity index (χ4n) is 4.25. The van der Waals surface area contributed by atoms with E-state index in [2.05, 4.69) is 81.8 Å². The molecule has 0 bridgehead atoms. The van der Waals surface area contributed by atoms with Gasteiger partial charge >= 0.3 is 0 Å². The molecule has 5 nitrogen and oxygen atoms in total. The zero-order valence-electron chi connectivity index (χ0n) is 18.0. The number of aromatic nitrogens is 4. The summed E-state index contributed by atoms with van der Waals surface area (Å²) in [5, 5.41) is 4.68. The van der Waals surface area contributed by atoms with Crippen molar-refractivity contribution in [2.45, 2.75) is 6.92 Å². The maximum Gasteiger partial charge on any atom is 0.192 e. The third-order valence-electron chi connectivity index (χ3n) is 5.72. The zero-order valence-corrected chi connectivity index (χ0v) is 18.0. The van der Waals surface area contributed by atoms with Crippen LogP contribution in [-0.2, 0) is 0 Å². The van der Waals surface area contributed by atoms with Crippen molar-refractivity contribution in [3.63, 3.8) is 0 Å². The Kier molecular flexibility index (Phi) is 4.58. The van der Waals surface area contributed by atoms with Gasteiger partial charge in [-0.15, -0.1) is 0 Å². The minimum absolute atomic E-state index is 0.643. The summed E-state index contributed by atoms with van der Waals surface area (Å²) in [6, 6.07) is 33.0. The summed E-state index contributed by atoms with van der Waals surface area (Å²) in [7, 11) is 0. The number of nitrogens with zero attached hydrogens (tertiary/aromatic N) is 4. The maximum atomic E-state index is 5.77. The molecule has 6 rings (SSSR count). The summed E-state index contributed by atoms with van der Waals surface area (Å²) >= 11 is 0. The SMILES string of the molecule is Cc1nc2ccc(-c3ncnn3-c3c(-c4ccccc4)cccc3-c3ccccc3)cc2o1. The molecule has 0 radical (unpaired) electrons. The first kappa shape index (κ1) is 19.2. The number of hydrogen-bond acceptors (Lipinski definition) is 4. The third kappa shape index (κ3) is 3.40. The van der Waals surface area contributed by atoms with Gasteiger partial charge in [0.2, 0.25) is 0 Å². The molecule has 5 heteroatoms. The Balaban J connectivity index is 1.62. The molecule has 2 aromatic heterocycles. The normalized spacial score (nSPS) is 11.2. The minimum Gasteiger partial charge on any atom is -0.441 e. The van der Waals surface area contributed by atoms with Gasteiger partial charge in [0, 0.05) is 23.6 Å². The van der Waals surface area contributed by atoms with Gasteiger partial charge in [0.25, 0.3) is 0 Å². The number of hydrogen-bond donors (Lipinski definition) is 0. The standard InChI is InChI=1S/C28H20N4O/c1-19-31-25-16-15-22(17-26(25)33-19)28-29-18-30-32(28)27-23(20-9-4-2-5-10-20)13-8-14-24(27)21-11-6-3-7-12-21/h2-18H,1H3. The second kappa shape index (κ2) is 7.88. The van der Waals surface area contributed by atoms with Gasteiger partial charge in [-0.3, -0.25) is 0 Å². The third-order valence-corrected chi connectivity index (χ3v) is 5.72. The molecule has 0 unspecified atom stereocenters. The van der Waals surface area contributed by atoms with Crippen LogP contribution in [0.25, 0.3) is 50.4 Å². The molecule has 158 valence electrons. The van der Waals surface area contributed by atoms with Gasteiger partial charge in [-0.25, -0.2) is 14.6 Å². The number of oxazole rings is 1.